The summed E-state index contributed by atoms with van der Waals surface area (Å²) in [6.07, 6.45) is 1.63. The number of nitrogens with one attached hydrogen (secondary N) is 1. The van der Waals surface area contributed by atoms with Gasteiger partial charge in [-0.3, -0.25) is 14.5 Å². The van der Waals surface area contributed by atoms with Gasteiger partial charge in [0.1, 0.15) is 11.8 Å². The lowest BCUT2D eigenvalue weighted by Gasteiger charge is -2.26. The van der Waals surface area contributed by atoms with E-state index in [1.165, 1.54) is 0 Å². The number of hydrogen-bond acceptors (Lipinski definition) is 5. The first-order valence-electron chi connectivity index (χ1n) is 10.7. The van der Waals surface area contributed by atoms with Gasteiger partial charge in [0, 0.05) is 25.4 Å². The van der Waals surface area contributed by atoms with Crippen LogP contribution >= 0.6 is 0 Å². The van der Waals surface area contributed by atoms with Gasteiger partial charge in [0.05, 0.1) is 19.8 Å². The van der Waals surface area contributed by atoms with Gasteiger partial charge in [-0.25, -0.2) is 4.79 Å². The molecule has 0 spiro atoms. The summed E-state index contributed by atoms with van der Waals surface area (Å²) in [6, 6.07) is 8.86. The van der Waals surface area contributed by atoms with E-state index in [9.17, 15) is 19.5 Å². The van der Waals surface area contributed by atoms with Gasteiger partial charge in [-0.05, 0) is 30.7 Å². The highest BCUT2D eigenvalue weighted by atomic mass is 16.5. The maximum Gasteiger partial charge on any atom is 0.326 e. The van der Waals surface area contributed by atoms with Gasteiger partial charge >= 0.3 is 5.97 Å². The van der Waals surface area contributed by atoms with Crippen LogP contribution in [0, 0.1) is 11.8 Å². The Hall–Kier alpha value is -2.25. The van der Waals surface area contributed by atoms with Crippen molar-refractivity contribution < 1.29 is 24.2 Å². The first-order chi connectivity index (χ1) is 14.3. The highest BCUT2D eigenvalue weighted by molar-refractivity contribution is 5.90. The molecule has 1 aromatic rings. The number of nitrogens with zero attached hydrogens (tertiary/aromatic N) is 1. The largest absolute Gasteiger partial charge is 0.480 e. The Balaban J connectivity index is 2.01. The van der Waals surface area contributed by atoms with Crippen LogP contribution in [0.2, 0.25) is 0 Å². The molecule has 1 aromatic carbocycles. The number of carbonyl (C=O) groups excluding carboxylic acids is 2. The molecule has 0 saturated carbocycles. The molecule has 7 heteroatoms. The summed E-state index contributed by atoms with van der Waals surface area (Å²) in [4.78, 5) is 39.2. The van der Waals surface area contributed by atoms with E-state index in [4.69, 9.17) is 4.74 Å². The fourth-order valence-electron chi connectivity index (χ4n) is 3.64. The summed E-state index contributed by atoms with van der Waals surface area (Å²) in [6.45, 7) is 6.78. The molecule has 166 valence electrons. The SMILES string of the molecule is CC(C)C[C@H](NC(=O)[C@H](CCc1ccccc1)CC(=O)CN1CCOCC1)C(=O)O. The van der Waals surface area contributed by atoms with E-state index in [0.717, 1.165) is 5.56 Å². The number of benzene rings is 1. The van der Waals surface area contributed by atoms with Crippen LogP contribution in [-0.4, -0.2) is 66.6 Å². The molecule has 2 N–H and O–H groups in total. The van der Waals surface area contributed by atoms with Crippen LogP contribution in [0.25, 0.3) is 0 Å². The number of carboxylic acid groups (broad SMARTS) is 1. The predicted octanol–water partition coefficient (Wildman–Crippen LogP) is 2.14. The highest BCUT2D eigenvalue weighted by Gasteiger charge is 2.28. The van der Waals surface area contributed by atoms with Crippen molar-refractivity contribution in [1.82, 2.24) is 10.2 Å². The molecule has 0 unspecified atom stereocenters. The molecule has 1 aliphatic rings. The number of Topliss-reactive ketones (excluding diaryl/α,β-unsaturated/α-hetero) is 1. The van der Waals surface area contributed by atoms with E-state index in [2.05, 4.69) is 5.32 Å². The monoisotopic (exact) mass is 418 g/mol. The van der Waals surface area contributed by atoms with Crippen LogP contribution in [0.3, 0.4) is 0 Å². The molecule has 1 amide bonds. The van der Waals surface area contributed by atoms with Crippen molar-refractivity contribution in [3.63, 3.8) is 0 Å². The minimum Gasteiger partial charge on any atom is -0.480 e. The smallest absolute Gasteiger partial charge is 0.326 e. The van der Waals surface area contributed by atoms with Gasteiger partial charge in [0.15, 0.2) is 0 Å². The first kappa shape index (κ1) is 24.0. The van der Waals surface area contributed by atoms with Crippen LogP contribution < -0.4 is 5.32 Å². The number of amides is 1. The third-order valence-electron chi connectivity index (χ3n) is 5.29. The normalized spacial score (nSPS) is 16.8. The molecule has 1 aliphatic heterocycles. The molecule has 1 saturated heterocycles. The van der Waals surface area contributed by atoms with Gasteiger partial charge in [0.25, 0.3) is 0 Å². The quantitative estimate of drug-likeness (QED) is 0.540. The standard InChI is InChI=1S/C23H34N2O5/c1-17(2)14-21(23(28)29)24-22(27)19(9-8-18-6-4-3-5-7-18)15-20(26)16-25-10-12-30-13-11-25/h3-7,17,19,21H,8-16H2,1-2H3,(H,24,27)(H,28,29)/t19-,21+/m1/s1. The van der Waals surface area contributed by atoms with Gasteiger partial charge < -0.3 is 15.2 Å². The Morgan fingerprint density at radius 3 is 2.40 bits per heavy atom. The average molecular weight is 419 g/mol. The van der Waals surface area contributed by atoms with Gasteiger partial charge in [0.2, 0.25) is 5.91 Å². The Kier molecular flexibility index (Phi) is 9.97. The summed E-state index contributed by atoms with van der Waals surface area (Å²) in [5.74, 6) is -1.81. The van der Waals surface area contributed by atoms with E-state index in [0.29, 0.717) is 52.1 Å². The third-order valence-corrected chi connectivity index (χ3v) is 5.29. The van der Waals surface area contributed by atoms with Crippen molar-refractivity contribution in [3.05, 3.63) is 35.9 Å². The molecule has 0 bridgehead atoms. The van der Waals surface area contributed by atoms with Crippen molar-refractivity contribution in [2.75, 3.05) is 32.8 Å². The number of aryl methyl sites for hydroxylation is 1. The Morgan fingerprint density at radius 2 is 1.80 bits per heavy atom. The van der Waals surface area contributed by atoms with Crippen molar-refractivity contribution >= 4 is 17.7 Å². The van der Waals surface area contributed by atoms with Crippen molar-refractivity contribution in [2.24, 2.45) is 11.8 Å². The zero-order valence-electron chi connectivity index (χ0n) is 18.0. The number of rotatable bonds is 12. The molecule has 7 nitrogen and oxygen atoms in total. The molecular weight excluding hydrogens is 384 g/mol. The predicted molar refractivity (Wildman–Crippen MR) is 114 cm³/mol. The van der Waals surface area contributed by atoms with Crippen LogP contribution in [0.4, 0.5) is 0 Å². The van der Waals surface area contributed by atoms with Crippen molar-refractivity contribution in [2.45, 2.75) is 45.6 Å². The number of aliphatic carboxylic acids is 1. The van der Waals surface area contributed by atoms with Crippen LogP contribution in [0.1, 0.15) is 38.7 Å². The molecular formula is C23H34N2O5. The van der Waals surface area contributed by atoms with E-state index < -0.39 is 17.9 Å². The molecule has 1 fully saturated rings. The molecule has 0 aromatic heterocycles. The van der Waals surface area contributed by atoms with E-state index in [1.54, 1.807) is 0 Å². The van der Waals surface area contributed by atoms with Crippen LogP contribution in [0.15, 0.2) is 30.3 Å². The molecule has 0 aliphatic carbocycles. The lowest BCUT2D eigenvalue weighted by atomic mass is 9.92. The number of carboxylic acids is 1. The van der Waals surface area contributed by atoms with Crippen molar-refractivity contribution in [1.29, 1.82) is 0 Å². The second-order valence-electron chi connectivity index (χ2n) is 8.38. The zero-order valence-corrected chi connectivity index (χ0v) is 18.0. The zero-order chi connectivity index (χ0) is 21.9. The van der Waals surface area contributed by atoms with Gasteiger partial charge in [-0.15, -0.1) is 0 Å². The topological polar surface area (TPSA) is 95.9 Å². The summed E-state index contributed by atoms with van der Waals surface area (Å²) in [7, 11) is 0. The number of morpholine rings is 1. The fraction of sp³-hybridized carbons (Fsp3) is 0.609. The summed E-state index contributed by atoms with van der Waals surface area (Å²) >= 11 is 0. The molecule has 1 heterocycles. The van der Waals surface area contributed by atoms with Crippen LogP contribution in [0.5, 0.6) is 0 Å². The number of hydrogen-bond donors (Lipinski definition) is 2. The summed E-state index contributed by atoms with van der Waals surface area (Å²) in [5, 5.41) is 12.1. The second-order valence-corrected chi connectivity index (χ2v) is 8.38. The van der Waals surface area contributed by atoms with E-state index in [1.807, 2.05) is 49.1 Å². The minimum atomic E-state index is -1.04. The van der Waals surface area contributed by atoms with E-state index >= 15 is 0 Å². The first-order valence-corrected chi connectivity index (χ1v) is 10.7. The Morgan fingerprint density at radius 1 is 1.13 bits per heavy atom. The third kappa shape index (κ3) is 8.63. The summed E-state index contributed by atoms with van der Waals surface area (Å²) < 4.78 is 5.31. The van der Waals surface area contributed by atoms with Gasteiger partial charge in [-0.1, -0.05) is 44.2 Å². The minimum absolute atomic E-state index is 0.000784. The van der Waals surface area contributed by atoms with Gasteiger partial charge in [-0.2, -0.15) is 0 Å². The van der Waals surface area contributed by atoms with Crippen LogP contribution in [-0.2, 0) is 25.5 Å². The fourth-order valence-corrected chi connectivity index (χ4v) is 3.64. The van der Waals surface area contributed by atoms with E-state index in [-0.39, 0.29) is 24.0 Å². The van der Waals surface area contributed by atoms with Crippen molar-refractivity contribution in [3.8, 4) is 0 Å². The molecule has 30 heavy (non-hydrogen) atoms. The number of carbonyl (C=O) groups is 3. The summed E-state index contributed by atoms with van der Waals surface area (Å²) in [5.41, 5.74) is 1.09. The lowest BCUT2D eigenvalue weighted by molar-refractivity contribution is -0.143. The maximum absolute atomic E-state index is 12.9. The Labute approximate surface area is 178 Å². The highest BCUT2D eigenvalue weighted by Crippen LogP contribution is 2.16. The lowest BCUT2D eigenvalue weighted by Crippen LogP contribution is -2.45. The second kappa shape index (κ2) is 12.4. The average Bonchev–Trinajstić information content (AvgIpc) is 2.71. The molecule has 0 radical (unpaired) electrons. The molecule has 2 rings (SSSR count). The molecule has 2 atom stereocenters. The Bertz CT molecular complexity index is 686. The number of ketones is 1. The maximum atomic E-state index is 12.9. The number of ether oxygens (including phenoxy) is 1.